The Balaban J connectivity index is 1.44. The SMILES string of the molecule is C1=Cc2c(cccc2-n2c3c(c4cc5c(cc42)c2ccccc2n5-c2cccc4ccccc24)C=CCC3)CC1. The minimum atomic E-state index is 1.06. The number of nitrogens with zero attached hydrogens (tertiary/aromatic N) is 2. The number of aryl methyl sites for hydroxylation is 1. The minimum Gasteiger partial charge on any atom is -0.312 e. The van der Waals surface area contributed by atoms with Crippen LogP contribution in [0.4, 0.5) is 0 Å². The highest BCUT2D eigenvalue weighted by molar-refractivity contribution is 6.15. The van der Waals surface area contributed by atoms with Crippen LogP contribution in [-0.2, 0) is 12.8 Å². The molecule has 0 atom stereocenters. The van der Waals surface area contributed by atoms with Crippen molar-refractivity contribution in [3.63, 3.8) is 0 Å². The zero-order valence-corrected chi connectivity index (χ0v) is 22.3. The molecule has 0 fully saturated rings. The summed E-state index contributed by atoms with van der Waals surface area (Å²) in [4.78, 5) is 0. The topological polar surface area (TPSA) is 9.86 Å². The van der Waals surface area contributed by atoms with E-state index in [0.29, 0.717) is 0 Å². The van der Waals surface area contributed by atoms with Crippen molar-refractivity contribution in [2.24, 2.45) is 0 Å². The van der Waals surface area contributed by atoms with E-state index >= 15 is 0 Å². The summed E-state index contributed by atoms with van der Waals surface area (Å²) in [6.45, 7) is 0. The van der Waals surface area contributed by atoms with E-state index in [9.17, 15) is 0 Å². The number of benzene rings is 5. The fourth-order valence-corrected chi connectivity index (χ4v) is 7.26. The molecule has 0 bridgehead atoms. The molecule has 2 heterocycles. The van der Waals surface area contributed by atoms with Crippen molar-refractivity contribution in [3.8, 4) is 11.4 Å². The number of para-hydroxylation sites is 1. The van der Waals surface area contributed by atoms with E-state index in [4.69, 9.17) is 0 Å². The Morgan fingerprint density at radius 3 is 2.12 bits per heavy atom. The van der Waals surface area contributed by atoms with E-state index in [1.54, 1.807) is 0 Å². The van der Waals surface area contributed by atoms with Gasteiger partial charge in [0.2, 0.25) is 0 Å². The number of fused-ring (bicyclic) bond motifs is 8. The molecule has 40 heavy (non-hydrogen) atoms. The Bertz CT molecular complexity index is 2210. The zero-order chi connectivity index (χ0) is 26.2. The van der Waals surface area contributed by atoms with Crippen LogP contribution < -0.4 is 0 Å². The number of allylic oxidation sites excluding steroid dienone is 2. The molecule has 0 saturated heterocycles. The van der Waals surface area contributed by atoms with Crippen LogP contribution in [0.3, 0.4) is 0 Å². The third kappa shape index (κ3) is 2.99. The Labute approximate surface area is 233 Å². The maximum Gasteiger partial charge on any atom is 0.0549 e. The predicted molar refractivity (Wildman–Crippen MR) is 170 cm³/mol. The Hall–Kier alpha value is -4.82. The highest BCUT2D eigenvalue weighted by atomic mass is 15.0. The van der Waals surface area contributed by atoms with Crippen molar-refractivity contribution in [2.45, 2.75) is 25.7 Å². The van der Waals surface area contributed by atoms with Crippen LogP contribution in [0.15, 0.2) is 109 Å². The molecule has 5 aromatic carbocycles. The van der Waals surface area contributed by atoms with E-state index in [1.807, 2.05) is 0 Å². The predicted octanol–water partition coefficient (Wildman–Crippen LogP) is 9.80. The third-order valence-electron chi connectivity index (χ3n) is 9.02. The first-order valence-corrected chi connectivity index (χ1v) is 14.4. The molecular weight excluding hydrogens is 484 g/mol. The monoisotopic (exact) mass is 512 g/mol. The van der Waals surface area contributed by atoms with Crippen LogP contribution >= 0.6 is 0 Å². The summed E-state index contributed by atoms with van der Waals surface area (Å²) in [6, 6.07) is 36.1. The average Bonchev–Trinajstić information content (AvgIpc) is 3.51. The van der Waals surface area contributed by atoms with Crippen molar-refractivity contribution in [2.75, 3.05) is 0 Å². The van der Waals surface area contributed by atoms with E-state index in [-0.39, 0.29) is 0 Å². The maximum absolute atomic E-state index is 2.58. The summed E-state index contributed by atoms with van der Waals surface area (Å²) in [7, 11) is 0. The molecule has 0 amide bonds. The van der Waals surface area contributed by atoms with Gasteiger partial charge in [-0.05, 0) is 67.0 Å². The number of hydrogen-bond donors (Lipinski definition) is 0. The lowest BCUT2D eigenvalue weighted by Crippen LogP contribution is -2.07. The van der Waals surface area contributed by atoms with Crippen molar-refractivity contribution < 1.29 is 0 Å². The minimum absolute atomic E-state index is 1.06. The molecular formula is C38H28N2. The van der Waals surface area contributed by atoms with Crippen LogP contribution in [0.2, 0.25) is 0 Å². The molecule has 0 N–H and O–H groups in total. The van der Waals surface area contributed by atoms with Crippen LogP contribution in [0.5, 0.6) is 0 Å². The number of rotatable bonds is 2. The molecule has 0 spiro atoms. The molecule has 2 heteroatoms. The van der Waals surface area contributed by atoms with E-state index < -0.39 is 0 Å². The maximum atomic E-state index is 2.58. The lowest BCUT2D eigenvalue weighted by Gasteiger charge is -2.19. The van der Waals surface area contributed by atoms with Crippen LogP contribution in [0, 0.1) is 0 Å². The molecule has 0 unspecified atom stereocenters. The molecule has 7 aromatic rings. The lowest BCUT2D eigenvalue weighted by atomic mass is 9.95. The van der Waals surface area contributed by atoms with Gasteiger partial charge >= 0.3 is 0 Å². The van der Waals surface area contributed by atoms with Gasteiger partial charge < -0.3 is 9.13 Å². The average molecular weight is 513 g/mol. The molecule has 9 rings (SSSR count). The van der Waals surface area contributed by atoms with E-state index in [2.05, 4.69) is 131 Å². The van der Waals surface area contributed by atoms with Gasteiger partial charge in [0.25, 0.3) is 0 Å². The summed E-state index contributed by atoms with van der Waals surface area (Å²) in [6.07, 6.45) is 13.8. The van der Waals surface area contributed by atoms with Crippen molar-refractivity contribution in [1.29, 1.82) is 0 Å². The molecule has 2 aromatic heterocycles. The first-order chi connectivity index (χ1) is 19.9. The van der Waals surface area contributed by atoms with Gasteiger partial charge in [-0.25, -0.2) is 0 Å². The normalized spacial score (nSPS) is 14.4. The van der Waals surface area contributed by atoms with Gasteiger partial charge in [-0.3, -0.25) is 0 Å². The molecule has 2 nitrogen and oxygen atoms in total. The lowest BCUT2D eigenvalue weighted by molar-refractivity contribution is 0.882. The van der Waals surface area contributed by atoms with E-state index in [1.165, 1.54) is 77.2 Å². The van der Waals surface area contributed by atoms with Gasteiger partial charge in [0, 0.05) is 38.4 Å². The van der Waals surface area contributed by atoms with Crippen molar-refractivity contribution >= 4 is 55.6 Å². The summed E-state index contributed by atoms with van der Waals surface area (Å²) in [5.74, 6) is 0. The highest BCUT2D eigenvalue weighted by Crippen LogP contribution is 2.42. The van der Waals surface area contributed by atoms with Gasteiger partial charge in [-0.1, -0.05) is 91.0 Å². The van der Waals surface area contributed by atoms with Crippen molar-refractivity contribution in [3.05, 3.63) is 132 Å². The molecule has 0 aliphatic heterocycles. The summed E-state index contributed by atoms with van der Waals surface area (Å²) in [5, 5.41) is 6.47. The molecule has 2 aliphatic rings. The second-order valence-corrected chi connectivity index (χ2v) is 11.2. The summed E-state index contributed by atoms with van der Waals surface area (Å²) in [5.41, 5.74) is 12.0. The van der Waals surface area contributed by atoms with Gasteiger partial charge in [-0.2, -0.15) is 0 Å². The zero-order valence-electron chi connectivity index (χ0n) is 22.3. The van der Waals surface area contributed by atoms with Crippen LogP contribution in [0.25, 0.3) is 67.0 Å². The first kappa shape index (κ1) is 22.0. The fourth-order valence-electron chi connectivity index (χ4n) is 7.26. The first-order valence-electron chi connectivity index (χ1n) is 14.4. The molecule has 2 aliphatic carbocycles. The van der Waals surface area contributed by atoms with Crippen LogP contribution in [-0.4, -0.2) is 9.13 Å². The van der Waals surface area contributed by atoms with Gasteiger partial charge in [0.15, 0.2) is 0 Å². The molecule has 190 valence electrons. The number of aromatic nitrogens is 2. The third-order valence-corrected chi connectivity index (χ3v) is 9.02. The Morgan fingerprint density at radius 1 is 0.475 bits per heavy atom. The van der Waals surface area contributed by atoms with Crippen LogP contribution in [0.1, 0.15) is 35.2 Å². The Kier molecular flexibility index (Phi) is 4.59. The fraction of sp³-hybridized carbons (Fsp3) is 0.105. The second-order valence-electron chi connectivity index (χ2n) is 11.2. The Morgan fingerprint density at radius 2 is 1.18 bits per heavy atom. The standard InChI is InChI=1S/C38H28N2/c1-3-15-27-25(11-1)13-9-21-33(27)39-35-19-7-5-17-29(35)31-24-38-32(23-37(31)39)30-18-6-8-20-36(30)40(38)34-22-10-14-26-12-2-4-16-28(26)34/h1,3-7,9-11,13-19,21-24H,2,8,12,20H2. The molecule has 0 radical (unpaired) electrons. The quantitative estimate of drug-likeness (QED) is 0.218. The largest absolute Gasteiger partial charge is 0.312 e. The van der Waals surface area contributed by atoms with Gasteiger partial charge in [0.05, 0.1) is 27.9 Å². The smallest absolute Gasteiger partial charge is 0.0549 e. The number of hydrogen-bond acceptors (Lipinski definition) is 0. The van der Waals surface area contributed by atoms with Gasteiger partial charge in [-0.15, -0.1) is 0 Å². The van der Waals surface area contributed by atoms with Gasteiger partial charge in [0.1, 0.15) is 0 Å². The second kappa shape index (κ2) is 8.34. The summed E-state index contributed by atoms with van der Waals surface area (Å²) < 4.78 is 5.06. The molecule has 0 saturated carbocycles. The highest BCUT2D eigenvalue weighted by Gasteiger charge is 2.24. The summed E-state index contributed by atoms with van der Waals surface area (Å²) >= 11 is 0. The van der Waals surface area contributed by atoms with E-state index in [0.717, 1.165) is 25.7 Å². The van der Waals surface area contributed by atoms with Crippen molar-refractivity contribution in [1.82, 2.24) is 9.13 Å².